The van der Waals surface area contributed by atoms with Gasteiger partial charge in [-0.1, -0.05) is 60.7 Å². The lowest BCUT2D eigenvalue weighted by Gasteiger charge is -2.18. The van der Waals surface area contributed by atoms with Crippen LogP contribution in [0.25, 0.3) is 82.1 Å². The van der Waals surface area contributed by atoms with Crippen LogP contribution in [0, 0.1) is 103 Å². The first-order valence-corrected chi connectivity index (χ1v) is 34.1. The van der Waals surface area contributed by atoms with Gasteiger partial charge in [-0.3, -0.25) is 20.2 Å². The number of aryl methyl sites for hydroxylation is 12. The number of thiocarbonyl (C=S) groups is 4. The number of aliphatic imine (C=N–C) groups is 4. The number of isothiocyanates is 4. The van der Waals surface area contributed by atoms with Crippen LogP contribution in [-0.4, -0.2) is 44.6 Å². The summed E-state index contributed by atoms with van der Waals surface area (Å²) in [6.45, 7) is 24.8. The van der Waals surface area contributed by atoms with Crippen LogP contribution in [0.3, 0.4) is 0 Å². The monoisotopic (exact) mass is 1370 g/mol. The van der Waals surface area contributed by atoms with E-state index in [9.17, 15) is 20.2 Å². The number of nitrogens with zero attached hydrogens (tertiary/aromatic N) is 7. The van der Waals surface area contributed by atoms with Crippen molar-refractivity contribution in [2.75, 3.05) is 19.0 Å². The Morgan fingerprint density at radius 1 is 0.344 bits per heavy atom. The maximum Gasteiger partial charge on any atom is 0.274 e. The molecule has 4 heterocycles. The maximum atomic E-state index is 11.3. The zero-order valence-corrected chi connectivity index (χ0v) is 60.2. The van der Waals surface area contributed by atoms with Crippen LogP contribution in [0.4, 0.5) is 39.8 Å². The van der Waals surface area contributed by atoms with Crippen molar-refractivity contribution >= 4 is 195 Å². The smallest absolute Gasteiger partial charge is 0.274 e. The molecule has 0 saturated heterocycles. The zero-order valence-electron chi connectivity index (χ0n) is 53.7. The molecule has 0 atom stereocenters. The molecule has 8 aromatic carbocycles. The zero-order chi connectivity index (χ0) is 67.3. The molecule has 0 amide bonds. The number of rotatable bonds is 11. The van der Waals surface area contributed by atoms with Crippen LogP contribution >= 0.6 is 94.2 Å². The van der Waals surface area contributed by atoms with Crippen molar-refractivity contribution in [2.24, 2.45) is 20.0 Å². The van der Waals surface area contributed by atoms with Gasteiger partial charge >= 0.3 is 0 Å². The molecular formula is C74H63N7O4S8. The Bertz CT molecular complexity index is 5090. The number of hydrogen-bond acceptors (Lipinski definition) is 17. The van der Waals surface area contributed by atoms with Gasteiger partial charge in [0.2, 0.25) is 0 Å². The molecule has 0 aliphatic heterocycles. The van der Waals surface area contributed by atoms with E-state index < -0.39 is 0 Å². The molecule has 0 unspecified atom stereocenters. The number of hydrogen-bond donors (Lipinski definition) is 0. The van der Waals surface area contributed by atoms with Crippen LogP contribution in [-0.2, 0) is 0 Å². The summed E-state index contributed by atoms with van der Waals surface area (Å²) in [5.74, 6) is 0. The lowest BCUT2D eigenvalue weighted by atomic mass is 10.00. The molecule has 4 aromatic heterocycles. The largest absolute Gasteiger partial charge is 0.377 e. The Balaban J connectivity index is 0.000000146. The quantitative estimate of drug-likeness (QED) is 0.0536. The van der Waals surface area contributed by atoms with Crippen molar-refractivity contribution < 1.29 is 9.85 Å². The third-order valence-corrected chi connectivity index (χ3v) is 22.7. The standard InChI is InChI=1S/C20H20N2S2.2C18H14N2O2S2.C18H15NS2/c1-12-10-17(22(4)5)13(2)18-14(3)20(24-19(12)18)15-6-8-16(9-7-15)21-11-23;1-10-8-15(20(21)22)11(2)16-12(3)18(24-17(10)16)13-4-6-14(7-5-13)19-9-23;1-10-8-15(20(21)22)11(2)18-16(10)12(3)17(24-18)13-4-6-14(7-5-13)19-9-23;1-11-4-5-12(2)17-16(11)13(3)18(21-17)14-6-8-15(9-7-14)19-10-20/h6-10H,1-5H3;2*4-8H,1-3H3;4-9H,1-3H3. The van der Waals surface area contributed by atoms with Crippen LogP contribution in [0.1, 0.15) is 66.8 Å². The molecule has 0 N–H and O–H groups in total. The van der Waals surface area contributed by atoms with Gasteiger partial charge in [0.25, 0.3) is 11.4 Å². The molecule has 93 heavy (non-hydrogen) atoms. The average molecular weight is 1370 g/mol. The first-order chi connectivity index (χ1) is 44.4. The normalized spacial score (nSPS) is 10.6. The van der Waals surface area contributed by atoms with E-state index in [-0.39, 0.29) is 21.2 Å². The molecule has 12 rings (SSSR count). The molecule has 0 bridgehead atoms. The molecule has 0 aliphatic carbocycles. The summed E-state index contributed by atoms with van der Waals surface area (Å²) >= 11 is 25.5. The highest BCUT2D eigenvalue weighted by Gasteiger charge is 2.24. The molecule has 12 aromatic rings. The van der Waals surface area contributed by atoms with Gasteiger partial charge in [-0.2, -0.15) is 20.0 Å². The fourth-order valence-electron chi connectivity index (χ4n) is 11.8. The highest BCUT2D eigenvalue weighted by molar-refractivity contribution is 7.78. The molecule has 0 spiro atoms. The molecule has 0 fully saturated rings. The van der Waals surface area contributed by atoms with Crippen molar-refractivity contribution in [3.8, 4) is 41.8 Å². The van der Waals surface area contributed by atoms with Gasteiger partial charge in [0, 0.05) is 92.1 Å². The third kappa shape index (κ3) is 14.3. The lowest BCUT2D eigenvalue weighted by Crippen LogP contribution is -2.10. The SMILES string of the molecule is Cc1c([N+](=O)[O-])cc(C)c2c(C)c(-c3ccc(N=C=S)cc3)sc12.Cc1cc(N(C)C)c(C)c2c(C)c(-c3ccc(N=C=S)cc3)sc12.Cc1cc([N+](=O)[O-])c(C)c2c(C)c(-c3ccc(N=C=S)cc3)sc12.Cc1ccc(C)c2c(C)c(-c3ccc(N=C=S)cc3)sc12. The topological polar surface area (TPSA) is 139 Å². The number of nitro benzene ring substituents is 2. The van der Waals surface area contributed by atoms with Gasteiger partial charge < -0.3 is 4.90 Å². The summed E-state index contributed by atoms with van der Waals surface area (Å²) in [4.78, 5) is 45.0. The van der Waals surface area contributed by atoms with E-state index in [1.807, 2.05) is 130 Å². The van der Waals surface area contributed by atoms with Gasteiger partial charge in [-0.15, -0.1) is 45.3 Å². The first-order valence-electron chi connectivity index (χ1n) is 29.2. The molecule has 466 valence electrons. The first kappa shape index (κ1) is 68.8. The van der Waals surface area contributed by atoms with E-state index in [2.05, 4.69) is 199 Å². The van der Waals surface area contributed by atoms with E-state index in [1.54, 1.807) is 34.8 Å². The molecule has 11 nitrogen and oxygen atoms in total. The maximum absolute atomic E-state index is 11.3. The predicted octanol–water partition coefficient (Wildman–Crippen LogP) is 24.8. The second-order valence-corrected chi connectivity index (χ2v) is 27.5. The Kier molecular flexibility index (Phi) is 21.9. The fraction of sp³-hybridized carbons (Fsp3) is 0.189. The van der Waals surface area contributed by atoms with Crippen molar-refractivity contribution in [2.45, 2.75) is 83.1 Å². The van der Waals surface area contributed by atoms with Crippen LogP contribution in [0.15, 0.2) is 147 Å². The van der Waals surface area contributed by atoms with Gasteiger partial charge in [-0.25, -0.2) is 0 Å². The Morgan fingerprint density at radius 3 is 0.978 bits per heavy atom. The Hall–Kier alpha value is -8.60. The van der Waals surface area contributed by atoms with Crippen LogP contribution in [0.5, 0.6) is 0 Å². The fourth-order valence-corrected chi connectivity index (χ4v) is 17.7. The van der Waals surface area contributed by atoms with E-state index in [0.29, 0.717) is 0 Å². The highest BCUT2D eigenvalue weighted by Crippen LogP contribution is 2.48. The minimum Gasteiger partial charge on any atom is -0.377 e. The van der Waals surface area contributed by atoms with Gasteiger partial charge in [0.1, 0.15) is 0 Å². The third-order valence-electron chi connectivity index (χ3n) is 16.4. The summed E-state index contributed by atoms with van der Waals surface area (Å²) in [6, 6.07) is 41.9. The number of fused-ring (bicyclic) bond motifs is 4. The van der Waals surface area contributed by atoms with Crippen LogP contribution < -0.4 is 4.90 Å². The van der Waals surface area contributed by atoms with E-state index in [0.717, 1.165) is 97.2 Å². The summed E-state index contributed by atoms with van der Waals surface area (Å²) in [6.07, 6.45) is 0. The van der Waals surface area contributed by atoms with Gasteiger partial charge in [0.05, 0.1) is 53.2 Å². The molecule has 19 heteroatoms. The minimum absolute atomic E-state index is 0.179. The summed E-state index contributed by atoms with van der Waals surface area (Å²) in [5, 5.41) is 37.0. The summed E-state index contributed by atoms with van der Waals surface area (Å²) < 4.78 is 4.86. The molecule has 0 saturated carbocycles. The van der Waals surface area contributed by atoms with E-state index in [4.69, 9.17) is 0 Å². The highest BCUT2D eigenvalue weighted by atomic mass is 32.1. The number of nitro groups is 2. The van der Waals surface area contributed by atoms with Crippen molar-refractivity contribution in [1.82, 2.24) is 0 Å². The molecule has 0 radical (unpaired) electrons. The number of anilines is 1. The van der Waals surface area contributed by atoms with Crippen LogP contribution in [0.2, 0.25) is 0 Å². The lowest BCUT2D eigenvalue weighted by molar-refractivity contribution is -0.385. The van der Waals surface area contributed by atoms with Crippen molar-refractivity contribution in [3.63, 3.8) is 0 Å². The summed E-state index contributed by atoms with van der Waals surface area (Å²) in [5.41, 5.74) is 23.1. The second-order valence-electron chi connectivity index (χ2n) is 22.7. The summed E-state index contributed by atoms with van der Waals surface area (Å²) in [7, 11) is 4.21. The van der Waals surface area contributed by atoms with E-state index >= 15 is 0 Å². The Morgan fingerprint density at radius 2 is 0.634 bits per heavy atom. The average Bonchev–Trinajstić information content (AvgIpc) is 1.65. The Labute approximate surface area is 578 Å². The minimum atomic E-state index is -0.311. The van der Waals surface area contributed by atoms with E-state index in [1.165, 1.54) is 80.1 Å². The van der Waals surface area contributed by atoms with Gasteiger partial charge in [0.15, 0.2) is 0 Å². The molecular weight excluding hydrogens is 1310 g/mol. The predicted molar refractivity (Wildman–Crippen MR) is 412 cm³/mol. The van der Waals surface area contributed by atoms with Crippen molar-refractivity contribution in [1.29, 1.82) is 0 Å². The number of thiophene rings is 4. The molecule has 0 aliphatic rings. The van der Waals surface area contributed by atoms with Gasteiger partial charge in [-0.05, 0) is 275 Å². The second kappa shape index (κ2) is 29.6. The van der Waals surface area contributed by atoms with Crippen molar-refractivity contribution in [3.05, 3.63) is 214 Å². The number of benzene rings is 8.